The molecule has 2 nitrogen and oxygen atoms in total. The number of rotatable bonds is 4. The maximum absolute atomic E-state index is 10.5. The van der Waals surface area contributed by atoms with Crippen LogP contribution >= 0.6 is 0 Å². The fourth-order valence-corrected chi connectivity index (χ4v) is 1.09. The summed E-state index contributed by atoms with van der Waals surface area (Å²) in [7, 11) is 0. The van der Waals surface area contributed by atoms with E-state index < -0.39 is 11.2 Å². The van der Waals surface area contributed by atoms with Crippen LogP contribution in [0.5, 0.6) is 0 Å². The van der Waals surface area contributed by atoms with Gasteiger partial charge in [0.1, 0.15) is 11.5 Å². The summed E-state index contributed by atoms with van der Waals surface area (Å²) in [5.74, 6) is 1.26. The quantitative estimate of drug-likeness (QED) is 0.520. The van der Waals surface area contributed by atoms with E-state index in [2.05, 4.69) is 0 Å². The van der Waals surface area contributed by atoms with E-state index in [0.717, 1.165) is 0 Å². The normalized spacial score (nSPS) is 13.9. The van der Waals surface area contributed by atoms with Crippen molar-refractivity contribution >= 4 is 11.2 Å². The molecule has 0 spiro atoms. The molecule has 1 atom stereocenters. The molecule has 0 amide bonds. The third-order valence-corrected chi connectivity index (χ3v) is 2.23. The van der Waals surface area contributed by atoms with Gasteiger partial charge in [-0.05, 0) is 6.92 Å². The van der Waals surface area contributed by atoms with Crippen molar-refractivity contribution in [2.24, 2.45) is 0 Å². The molecule has 0 rings (SSSR count). The van der Waals surface area contributed by atoms with E-state index in [1.165, 1.54) is 0 Å². The van der Waals surface area contributed by atoms with Crippen LogP contribution in [-0.2, 0) is 16.3 Å². The summed E-state index contributed by atoms with van der Waals surface area (Å²) < 4.78 is 10.5. The number of hydrogen-bond donors (Lipinski definition) is 0. The molecule has 0 N–H and O–H groups in total. The molecule has 0 heterocycles. The van der Waals surface area contributed by atoms with Gasteiger partial charge in [-0.25, -0.2) is 5.11 Å². The van der Waals surface area contributed by atoms with Crippen LogP contribution in [0.15, 0.2) is 0 Å². The van der Waals surface area contributed by atoms with Gasteiger partial charge >= 0.3 is 0 Å². The molecular weight excluding hydrogens is 124 g/mol. The smallest absolute Gasteiger partial charge is 0.107 e. The van der Waals surface area contributed by atoms with Crippen molar-refractivity contribution in [3.8, 4) is 0 Å². The minimum Gasteiger partial charge on any atom is -0.616 e. The Kier molecular flexibility index (Phi) is 5.59. The minimum absolute atomic E-state index is 0.0915. The first-order valence-corrected chi connectivity index (χ1v) is 4.23. The zero-order chi connectivity index (χ0) is 6.41. The molecule has 1 radical (unpaired) electrons. The van der Waals surface area contributed by atoms with E-state index in [0.29, 0.717) is 17.9 Å². The highest BCUT2D eigenvalue weighted by atomic mass is 32.2. The molecule has 0 aliphatic heterocycles. The number of hydrogen-bond acceptors (Lipinski definition) is 1. The SMILES string of the molecule is CC[S+]([O-])CCC[O]. The van der Waals surface area contributed by atoms with Crippen molar-refractivity contribution < 1.29 is 9.66 Å². The fourth-order valence-electron chi connectivity index (χ4n) is 0.364. The average Bonchev–Trinajstić information content (AvgIpc) is 1.83. The van der Waals surface area contributed by atoms with Crippen molar-refractivity contribution in [3.05, 3.63) is 0 Å². The highest BCUT2D eigenvalue weighted by molar-refractivity contribution is 7.91. The summed E-state index contributed by atoms with van der Waals surface area (Å²) in [6.45, 7) is 1.77. The molecule has 0 saturated carbocycles. The third kappa shape index (κ3) is 4.43. The molecule has 0 aromatic carbocycles. The third-order valence-electron chi connectivity index (χ3n) is 0.838. The first kappa shape index (κ1) is 8.27. The summed E-state index contributed by atoms with van der Waals surface area (Å²) in [6.07, 6.45) is 0.556. The van der Waals surface area contributed by atoms with Gasteiger partial charge in [0.2, 0.25) is 0 Å². The van der Waals surface area contributed by atoms with Crippen LogP contribution in [0.25, 0.3) is 0 Å². The standard InChI is InChI=1S/C5H11O2S/c1-2-8(7)5-3-4-6/h2-5H2,1H3. The van der Waals surface area contributed by atoms with Crippen LogP contribution in [-0.4, -0.2) is 22.7 Å². The molecule has 0 saturated heterocycles. The Labute approximate surface area is 53.1 Å². The predicted molar refractivity (Wildman–Crippen MR) is 33.7 cm³/mol. The van der Waals surface area contributed by atoms with E-state index in [1.54, 1.807) is 0 Å². The Morgan fingerprint density at radius 2 is 2.25 bits per heavy atom. The maximum Gasteiger partial charge on any atom is 0.107 e. The zero-order valence-electron chi connectivity index (χ0n) is 5.05. The van der Waals surface area contributed by atoms with Gasteiger partial charge in [-0.3, -0.25) is 0 Å². The van der Waals surface area contributed by atoms with E-state index in [9.17, 15) is 9.66 Å². The summed E-state index contributed by atoms with van der Waals surface area (Å²) in [6, 6.07) is 0. The summed E-state index contributed by atoms with van der Waals surface area (Å²) in [4.78, 5) is 0. The average molecular weight is 135 g/mol. The topological polar surface area (TPSA) is 43.0 Å². The first-order valence-electron chi connectivity index (χ1n) is 2.74. The summed E-state index contributed by atoms with van der Waals surface area (Å²) in [5, 5.41) is 9.82. The van der Waals surface area contributed by atoms with Crippen molar-refractivity contribution in [1.29, 1.82) is 0 Å². The molecule has 0 bridgehead atoms. The minimum atomic E-state index is -0.727. The first-order chi connectivity index (χ1) is 3.81. The van der Waals surface area contributed by atoms with Crippen molar-refractivity contribution in [3.63, 3.8) is 0 Å². The maximum atomic E-state index is 10.5. The Bertz CT molecular complexity index is 49.7. The van der Waals surface area contributed by atoms with Gasteiger partial charge in [0.05, 0.1) is 6.61 Å². The van der Waals surface area contributed by atoms with E-state index in [4.69, 9.17) is 0 Å². The van der Waals surface area contributed by atoms with Crippen LogP contribution in [0.4, 0.5) is 0 Å². The van der Waals surface area contributed by atoms with Crippen molar-refractivity contribution in [1.82, 2.24) is 0 Å². The Balaban J connectivity index is 2.86. The highest BCUT2D eigenvalue weighted by Gasteiger charge is 1.98. The second-order valence-corrected chi connectivity index (χ2v) is 3.36. The molecule has 0 aromatic heterocycles. The lowest BCUT2D eigenvalue weighted by atomic mass is 10.5. The molecule has 0 aliphatic carbocycles. The van der Waals surface area contributed by atoms with Gasteiger partial charge in [-0.15, -0.1) is 0 Å². The van der Waals surface area contributed by atoms with Gasteiger partial charge in [-0.1, -0.05) is 11.2 Å². The van der Waals surface area contributed by atoms with Gasteiger partial charge < -0.3 is 4.55 Å². The molecule has 0 fully saturated rings. The largest absolute Gasteiger partial charge is 0.616 e. The molecular formula is C5H11O2S. The lowest BCUT2D eigenvalue weighted by Gasteiger charge is -2.04. The molecule has 49 valence electrons. The van der Waals surface area contributed by atoms with Crippen LogP contribution in [0, 0.1) is 0 Å². The monoisotopic (exact) mass is 135 g/mol. The lowest BCUT2D eigenvalue weighted by Crippen LogP contribution is -2.09. The van der Waals surface area contributed by atoms with Crippen LogP contribution in [0.3, 0.4) is 0 Å². The van der Waals surface area contributed by atoms with E-state index >= 15 is 0 Å². The Morgan fingerprint density at radius 1 is 1.62 bits per heavy atom. The second kappa shape index (κ2) is 5.41. The molecule has 0 aliphatic rings. The predicted octanol–water partition coefficient (Wildman–Crippen LogP) is 0.576. The zero-order valence-corrected chi connectivity index (χ0v) is 5.87. The van der Waals surface area contributed by atoms with E-state index in [-0.39, 0.29) is 6.61 Å². The highest BCUT2D eigenvalue weighted by Crippen LogP contribution is 1.91. The van der Waals surface area contributed by atoms with Crippen LogP contribution in [0.1, 0.15) is 13.3 Å². The molecule has 3 heteroatoms. The van der Waals surface area contributed by atoms with Crippen LogP contribution < -0.4 is 0 Å². The molecule has 0 aromatic rings. The van der Waals surface area contributed by atoms with Gasteiger partial charge in [0.15, 0.2) is 0 Å². The van der Waals surface area contributed by atoms with Gasteiger partial charge in [-0.2, -0.15) is 0 Å². The van der Waals surface area contributed by atoms with Gasteiger partial charge in [0, 0.05) is 6.42 Å². The lowest BCUT2D eigenvalue weighted by molar-refractivity contribution is 0.194. The second-order valence-electron chi connectivity index (χ2n) is 1.49. The Morgan fingerprint density at radius 3 is 2.62 bits per heavy atom. The summed E-state index contributed by atoms with van der Waals surface area (Å²) >= 11 is -0.727. The van der Waals surface area contributed by atoms with Crippen molar-refractivity contribution in [2.75, 3.05) is 18.1 Å². The Hall–Kier alpha value is 0.270. The fraction of sp³-hybridized carbons (Fsp3) is 1.00. The molecule has 8 heavy (non-hydrogen) atoms. The van der Waals surface area contributed by atoms with E-state index in [1.807, 2.05) is 6.92 Å². The van der Waals surface area contributed by atoms with Crippen LogP contribution in [0.2, 0.25) is 0 Å². The molecule has 1 unspecified atom stereocenters. The van der Waals surface area contributed by atoms with Gasteiger partial charge in [0.25, 0.3) is 0 Å². The van der Waals surface area contributed by atoms with Crippen molar-refractivity contribution in [2.45, 2.75) is 13.3 Å². The summed E-state index contributed by atoms with van der Waals surface area (Å²) in [5.41, 5.74) is 0.